The molecule has 1 amide bonds. The van der Waals surface area contributed by atoms with Gasteiger partial charge in [0.15, 0.2) is 0 Å². The van der Waals surface area contributed by atoms with Gasteiger partial charge in [0.05, 0.1) is 6.04 Å². The van der Waals surface area contributed by atoms with Crippen LogP contribution in [0.5, 0.6) is 0 Å². The largest absolute Gasteiger partial charge is 0.378 e. The number of carbonyl (C=O) groups excluding carboxylic acids is 1. The molecular weight excluding hydrogens is 304 g/mol. The summed E-state index contributed by atoms with van der Waals surface area (Å²) >= 11 is 1.70. The van der Waals surface area contributed by atoms with E-state index in [9.17, 15) is 4.79 Å². The fraction of sp³-hybridized carbons (Fsp3) is 0.421. The molecule has 23 heavy (non-hydrogen) atoms. The number of nitrogens with zero attached hydrogens (tertiary/aromatic N) is 2. The molecule has 122 valence electrons. The lowest BCUT2D eigenvalue weighted by Gasteiger charge is -2.26. The van der Waals surface area contributed by atoms with Crippen molar-refractivity contribution in [3.8, 4) is 0 Å². The normalized spacial score (nSPS) is 17.5. The molecule has 4 heteroatoms. The van der Waals surface area contributed by atoms with E-state index in [0.29, 0.717) is 6.42 Å². The molecule has 0 saturated carbocycles. The lowest BCUT2D eigenvalue weighted by Crippen LogP contribution is -2.30. The molecule has 0 bridgehead atoms. The van der Waals surface area contributed by atoms with Crippen LogP contribution in [0.25, 0.3) is 0 Å². The van der Waals surface area contributed by atoms with Crippen LogP contribution in [0.2, 0.25) is 0 Å². The molecule has 1 aliphatic heterocycles. The number of carbonyl (C=O) groups is 1. The van der Waals surface area contributed by atoms with Crippen molar-refractivity contribution in [2.24, 2.45) is 0 Å². The fourth-order valence-corrected chi connectivity index (χ4v) is 3.95. The van der Waals surface area contributed by atoms with Crippen LogP contribution in [0.3, 0.4) is 0 Å². The molecule has 0 aliphatic carbocycles. The van der Waals surface area contributed by atoms with Crippen LogP contribution in [-0.2, 0) is 11.2 Å². The van der Waals surface area contributed by atoms with Crippen molar-refractivity contribution in [1.82, 2.24) is 4.90 Å². The quantitative estimate of drug-likeness (QED) is 0.824. The second-order valence-electron chi connectivity index (χ2n) is 6.37. The average molecular weight is 328 g/mol. The second-order valence-corrected chi connectivity index (χ2v) is 7.15. The van der Waals surface area contributed by atoms with Crippen molar-refractivity contribution in [2.75, 3.05) is 25.5 Å². The first kappa shape index (κ1) is 16.1. The van der Waals surface area contributed by atoms with Gasteiger partial charge in [-0.2, -0.15) is 11.3 Å². The maximum Gasteiger partial charge on any atom is 0.223 e. The van der Waals surface area contributed by atoms with Gasteiger partial charge in [-0.1, -0.05) is 12.1 Å². The predicted octanol–water partition coefficient (Wildman–Crippen LogP) is 4.11. The Kier molecular flexibility index (Phi) is 5.01. The summed E-state index contributed by atoms with van der Waals surface area (Å²) in [6.45, 7) is 0.888. The molecule has 0 radical (unpaired) electrons. The first-order valence-electron chi connectivity index (χ1n) is 8.23. The first-order valence-corrected chi connectivity index (χ1v) is 9.17. The lowest BCUT2D eigenvalue weighted by molar-refractivity contribution is -0.132. The number of benzene rings is 1. The van der Waals surface area contributed by atoms with Crippen LogP contribution in [0.4, 0.5) is 5.69 Å². The second kappa shape index (κ2) is 7.18. The Morgan fingerprint density at radius 3 is 2.96 bits per heavy atom. The van der Waals surface area contributed by atoms with Crippen LogP contribution in [-0.4, -0.2) is 31.4 Å². The maximum atomic E-state index is 12.7. The highest BCUT2D eigenvalue weighted by atomic mass is 32.1. The third kappa shape index (κ3) is 3.75. The van der Waals surface area contributed by atoms with Gasteiger partial charge >= 0.3 is 0 Å². The summed E-state index contributed by atoms with van der Waals surface area (Å²) < 4.78 is 0. The van der Waals surface area contributed by atoms with E-state index in [0.717, 1.165) is 25.8 Å². The van der Waals surface area contributed by atoms with Crippen LogP contribution < -0.4 is 4.90 Å². The standard InChI is InChI=1S/C19H24N2OS/c1-20(2)17-6-3-5-16(13-17)18-7-4-11-21(18)19(22)9-8-15-10-12-23-14-15/h3,5-6,10,12-14,18H,4,7-9,11H2,1-2H3/t18-/m1/s1. The minimum Gasteiger partial charge on any atom is -0.378 e. The molecule has 3 nitrogen and oxygen atoms in total. The van der Waals surface area contributed by atoms with Crippen molar-refractivity contribution >= 4 is 22.9 Å². The number of likely N-dealkylation sites (tertiary alicyclic amines) is 1. The molecule has 1 atom stereocenters. The number of anilines is 1. The van der Waals surface area contributed by atoms with Crippen LogP contribution in [0.1, 0.15) is 36.4 Å². The number of thiophene rings is 1. The first-order chi connectivity index (χ1) is 11.1. The Bertz CT molecular complexity index is 651. The zero-order valence-electron chi connectivity index (χ0n) is 13.9. The fourth-order valence-electron chi connectivity index (χ4n) is 3.25. The Morgan fingerprint density at radius 2 is 2.22 bits per heavy atom. The smallest absolute Gasteiger partial charge is 0.223 e. The topological polar surface area (TPSA) is 23.6 Å². The van der Waals surface area contributed by atoms with Gasteiger partial charge in [0.1, 0.15) is 0 Å². The van der Waals surface area contributed by atoms with Gasteiger partial charge in [-0.25, -0.2) is 0 Å². The highest BCUT2D eigenvalue weighted by molar-refractivity contribution is 7.07. The third-order valence-corrected chi connectivity index (χ3v) is 5.28. The number of rotatable bonds is 5. The Morgan fingerprint density at radius 1 is 1.35 bits per heavy atom. The van der Waals surface area contributed by atoms with Gasteiger partial charge in [-0.3, -0.25) is 4.79 Å². The van der Waals surface area contributed by atoms with Gasteiger partial charge in [0.2, 0.25) is 5.91 Å². The average Bonchev–Trinajstić information content (AvgIpc) is 3.24. The van der Waals surface area contributed by atoms with Gasteiger partial charge in [-0.15, -0.1) is 0 Å². The van der Waals surface area contributed by atoms with Crippen LogP contribution in [0.15, 0.2) is 41.1 Å². The van der Waals surface area contributed by atoms with E-state index in [2.05, 4.69) is 65.0 Å². The molecule has 0 N–H and O–H groups in total. The zero-order chi connectivity index (χ0) is 16.2. The third-order valence-electron chi connectivity index (χ3n) is 4.55. The minimum absolute atomic E-state index is 0.241. The lowest BCUT2D eigenvalue weighted by atomic mass is 10.0. The molecule has 1 fully saturated rings. The molecule has 1 aromatic heterocycles. The van der Waals surface area contributed by atoms with E-state index >= 15 is 0 Å². The van der Waals surface area contributed by atoms with Gasteiger partial charge < -0.3 is 9.80 Å². The van der Waals surface area contributed by atoms with Crippen molar-refractivity contribution in [3.63, 3.8) is 0 Å². The van der Waals surface area contributed by atoms with Crippen molar-refractivity contribution in [2.45, 2.75) is 31.7 Å². The Balaban J connectivity index is 1.69. The molecule has 1 aromatic carbocycles. The molecule has 2 aromatic rings. The number of hydrogen-bond donors (Lipinski definition) is 0. The molecule has 2 heterocycles. The Labute approximate surface area is 142 Å². The summed E-state index contributed by atoms with van der Waals surface area (Å²) in [5, 5.41) is 4.21. The predicted molar refractivity (Wildman–Crippen MR) is 97.1 cm³/mol. The summed E-state index contributed by atoms with van der Waals surface area (Å²) in [4.78, 5) is 16.9. The summed E-state index contributed by atoms with van der Waals surface area (Å²) in [5.41, 5.74) is 3.73. The summed E-state index contributed by atoms with van der Waals surface area (Å²) in [6.07, 6.45) is 3.63. The number of aryl methyl sites for hydroxylation is 1. The Hall–Kier alpha value is -1.81. The van der Waals surface area contributed by atoms with Crippen molar-refractivity contribution < 1.29 is 4.79 Å². The highest BCUT2D eigenvalue weighted by Gasteiger charge is 2.29. The van der Waals surface area contributed by atoms with E-state index in [1.807, 2.05) is 0 Å². The SMILES string of the molecule is CN(C)c1cccc([C@H]2CCCN2C(=O)CCc2ccsc2)c1. The van der Waals surface area contributed by atoms with E-state index in [1.165, 1.54) is 16.8 Å². The van der Waals surface area contributed by atoms with E-state index in [1.54, 1.807) is 11.3 Å². The van der Waals surface area contributed by atoms with Gasteiger partial charge in [-0.05, 0) is 59.3 Å². The zero-order valence-corrected chi connectivity index (χ0v) is 14.7. The van der Waals surface area contributed by atoms with E-state index < -0.39 is 0 Å². The summed E-state index contributed by atoms with van der Waals surface area (Å²) in [7, 11) is 4.11. The number of hydrogen-bond acceptors (Lipinski definition) is 3. The molecule has 3 rings (SSSR count). The van der Waals surface area contributed by atoms with Crippen LogP contribution in [0, 0.1) is 0 Å². The molecule has 1 saturated heterocycles. The molecular formula is C19H24N2OS. The highest BCUT2D eigenvalue weighted by Crippen LogP contribution is 2.34. The van der Waals surface area contributed by atoms with Gasteiger partial charge in [0.25, 0.3) is 0 Å². The monoisotopic (exact) mass is 328 g/mol. The number of amides is 1. The summed E-state index contributed by atoms with van der Waals surface area (Å²) in [5.74, 6) is 0.286. The molecule has 0 spiro atoms. The van der Waals surface area contributed by atoms with E-state index in [4.69, 9.17) is 0 Å². The van der Waals surface area contributed by atoms with E-state index in [-0.39, 0.29) is 11.9 Å². The minimum atomic E-state index is 0.241. The van der Waals surface area contributed by atoms with Crippen molar-refractivity contribution in [3.05, 3.63) is 52.2 Å². The maximum absolute atomic E-state index is 12.7. The van der Waals surface area contributed by atoms with Crippen LogP contribution >= 0.6 is 11.3 Å². The molecule has 1 aliphatic rings. The van der Waals surface area contributed by atoms with Crippen molar-refractivity contribution in [1.29, 1.82) is 0 Å². The summed E-state index contributed by atoms with van der Waals surface area (Å²) in [6, 6.07) is 10.9. The van der Waals surface area contributed by atoms with Gasteiger partial charge in [0, 0.05) is 32.7 Å². The molecule has 0 unspecified atom stereocenters.